The van der Waals surface area contributed by atoms with E-state index >= 15 is 0 Å². The number of fused-ring (bicyclic) bond motifs is 1. The van der Waals surface area contributed by atoms with Crippen LogP contribution < -0.4 is 21.9 Å². The molecule has 3 rings (SSSR count). The molecule has 6 N–H and O–H groups in total. The number of guanidine groups is 2. The second kappa shape index (κ2) is 6.92. The third-order valence-electron chi connectivity index (χ3n) is 3.71. The molecule has 6 nitrogen and oxygen atoms in total. The van der Waals surface area contributed by atoms with E-state index in [-0.39, 0.29) is 11.9 Å². The lowest BCUT2D eigenvalue weighted by molar-refractivity contribution is 0.415. The van der Waals surface area contributed by atoms with Crippen LogP contribution in [0.15, 0.2) is 70.6 Å². The van der Waals surface area contributed by atoms with Crippen molar-refractivity contribution in [1.29, 1.82) is 0 Å². The summed E-state index contributed by atoms with van der Waals surface area (Å²) in [6.45, 7) is 0. The number of rotatable bonds is 3. The summed E-state index contributed by atoms with van der Waals surface area (Å²) in [6.07, 6.45) is 0. The number of benzene rings is 3. The molecule has 0 amide bonds. The van der Waals surface area contributed by atoms with Gasteiger partial charge in [-0.05, 0) is 52.2 Å². The Hall–Kier alpha value is -3.54. The third-order valence-corrected chi connectivity index (χ3v) is 3.71. The Labute approximate surface area is 145 Å². The maximum absolute atomic E-state index is 5.69. The minimum Gasteiger partial charge on any atom is -0.497 e. The average Bonchev–Trinajstić information content (AvgIpc) is 2.60. The van der Waals surface area contributed by atoms with Crippen LogP contribution >= 0.6 is 0 Å². The number of hydrogen-bond acceptors (Lipinski definition) is 2. The van der Waals surface area contributed by atoms with Crippen LogP contribution in [-0.4, -0.2) is 19.0 Å². The number of nitrogens with zero attached hydrogens (tertiary/aromatic N) is 2. The molecular formula is C19H19N5O. The molecule has 0 atom stereocenters. The van der Waals surface area contributed by atoms with E-state index in [9.17, 15) is 0 Å². The predicted octanol–water partition coefficient (Wildman–Crippen LogP) is 2.74. The van der Waals surface area contributed by atoms with Gasteiger partial charge in [0.2, 0.25) is 5.96 Å². The maximum atomic E-state index is 5.69. The SMILES string of the molecule is COc1ccc2cc(-c3cccc(N=C(N)N=C(N)N)c3)ccc2c1. The summed E-state index contributed by atoms with van der Waals surface area (Å²) in [6, 6.07) is 19.9. The Morgan fingerprint density at radius 1 is 0.840 bits per heavy atom. The van der Waals surface area contributed by atoms with Gasteiger partial charge >= 0.3 is 0 Å². The second-order valence-electron chi connectivity index (χ2n) is 5.48. The smallest absolute Gasteiger partial charge is 0.223 e. The highest BCUT2D eigenvalue weighted by Gasteiger charge is 2.03. The van der Waals surface area contributed by atoms with E-state index in [4.69, 9.17) is 21.9 Å². The second-order valence-corrected chi connectivity index (χ2v) is 5.48. The van der Waals surface area contributed by atoms with E-state index < -0.39 is 0 Å². The Bertz CT molecular complexity index is 974. The Kier molecular flexibility index (Phi) is 4.52. The molecule has 25 heavy (non-hydrogen) atoms. The van der Waals surface area contributed by atoms with Crippen LogP contribution in [0.1, 0.15) is 0 Å². The van der Waals surface area contributed by atoms with Crippen molar-refractivity contribution in [3.8, 4) is 16.9 Å². The molecular weight excluding hydrogens is 314 g/mol. The van der Waals surface area contributed by atoms with Crippen LogP contribution in [0.5, 0.6) is 5.75 Å². The summed E-state index contributed by atoms with van der Waals surface area (Å²) in [5.41, 5.74) is 19.1. The molecule has 0 spiro atoms. The van der Waals surface area contributed by atoms with Crippen LogP contribution in [0, 0.1) is 0 Å². The Morgan fingerprint density at radius 2 is 1.56 bits per heavy atom. The molecule has 126 valence electrons. The van der Waals surface area contributed by atoms with E-state index in [1.54, 1.807) is 7.11 Å². The van der Waals surface area contributed by atoms with Gasteiger partial charge in [-0.25, -0.2) is 4.99 Å². The lowest BCUT2D eigenvalue weighted by Crippen LogP contribution is -2.26. The highest BCUT2D eigenvalue weighted by molar-refractivity contribution is 5.94. The molecule has 0 aliphatic carbocycles. The molecule has 0 aromatic heterocycles. The summed E-state index contributed by atoms with van der Waals surface area (Å²) < 4.78 is 5.26. The molecule has 0 fully saturated rings. The molecule has 0 aliphatic rings. The first-order valence-electron chi connectivity index (χ1n) is 7.67. The van der Waals surface area contributed by atoms with Crippen molar-refractivity contribution < 1.29 is 4.74 Å². The van der Waals surface area contributed by atoms with E-state index in [0.717, 1.165) is 27.6 Å². The van der Waals surface area contributed by atoms with Gasteiger partial charge in [-0.3, -0.25) is 0 Å². The van der Waals surface area contributed by atoms with Crippen molar-refractivity contribution in [2.24, 2.45) is 27.2 Å². The molecule has 0 radical (unpaired) electrons. The lowest BCUT2D eigenvalue weighted by atomic mass is 10.0. The summed E-state index contributed by atoms with van der Waals surface area (Å²) in [4.78, 5) is 7.92. The molecule has 0 aliphatic heterocycles. The Morgan fingerprint density at radius 3 is 2.32 bits per heavy atom. The average molecular weight is 333 g/mol. The fourth-order valence-electron chi connectivity index (χ4n) is 2.57. The molecule has 0 bridgehead atoms. The summed E-state index contributed by atoms with van der Waals surface area (Å²) in [5.74, 6) is 0.733. The zero-order valence-electron chi connectivity index (χ0n) is 13.8. The van der Waals surface area contributed by atoms with Crippen molar-refractivity contribution in [1.82, 2.24) is 0 Å². The van der Waals surface area contributed by atoms with Gasteiger partial charge in [-0.1, -0.05) is 30.3 Å². The van der Waals surface area contributed by atoms with Crippen molar-refractivity contribution in [2.45, 2.75) is 0 Å². The number of methoxy groups -OCH3 is 1. The lowest BCUT2D eigenvalue weighted by Gasteiger charge is -2.07. The molecule has 0 saturated carbocycles. The highest BCUT2D eigenvalue weighted by atomic mass is 16.5. The van der Waals surface area contributed by atoms with Crippen molar-refractivity contribution >= 4 is 28.4 Å². The van der Waals surface area contributed by atoms with E-state index in [0.29, 0.717) is 5.69 Å². The number of hydrogen-bond donors (Lipinski definition) is 3. The van der Waals surface area contributed by atoms with E-state index in [1.165, 1.54) is 0 Å². The quantitative estimate of drug-likeness (QED) is 0.505. The molecule has 0 heterocycles. The van der Waals surface area contributed by atoms with Gasteiger partial charge in [-0.2, -0.15) is 4.99 Å². The van der Waals surface area contributed by atoms with Gasteiger partial charge in [0.15, 0.2) is 5.96 Å². The van der Waals surface area contributed by atoms with Crippen molar-refractivity contribution in [3.63, 3.8) is 0 Å². The topological polar surface area (TPSA) is 112 Å². The third kappa shape index (κ3) is 3.87. The van der Waals surface area contributed by atoms with Gasteiger partial charge in [0.25, 0.3) is 0 Å². The van der Waals surface area contributed by atoms with E-state index in [1.807, 2.05) is 42.5 Å². The zero-order chi connectivity index (χ0) is 17.8. The van der Waals surface area contributed by atoms with Crippen molar-refractivity contribution in [3.05, 3.63) is 60.7 Å². The minimum absolute atomic E-state index is 0.0164. The minimum atomic E-state index is -0.123. The van der Waals surface area contributed by atoms with Gasteiger partial charge in [0, 0.05) is 0 Å². The number of ether oxygens (including phenoxy) is 1. The molecule has 0 saturated heterocycles. The van der Waals surface area contributed by atoms with Crippen LogP contribution in [0.25, 0.3) is 21.9 Å². The molecule has 3 aromatic carbocycles. The molecule has 0 unspecified atom stereocenters. The summed E-state index contributed by atoms with van der Waals surface area (Å²) in [5, 5.41) is 2.25. The zero-order valence-corrected chi connectivity index (χ0v) is 13.8. The van der Waals surface area contributed by atoms with Gasteiger partial charge in [0.05, 0.1) is 12.8 Å². The van der Waals surface area contributed by atoms with Gasteiger partial charge < -0.3 is 21.9 Å². The first-order chi connectivity index (χ1) is 12.0. The first kappa shape index (κ1) is 16.3. The standard InChI is InChI=1S/C19H19N5O/c1-25-17-8-7-14-9-13(5-6-15(14)11-17)12-3-2-4-16(10-12)23-19(22)24-18(20)21/h2-11H,1H3,(H6,20,21,22,23,24). The molecule has 6 heteroatoms. The van der Waals surface area contributed by atoms with Crippen LogP contribution in [0.4, 0.5) is 5.69 Å². The molecule has 3 aromatic rings. The Balaban J connectivity index is 1.98. The highest BCUT2D eigenvalue weighted by Crippen LogP contribution is 2.29. The van der Waals surface area contributed by atoms with Crippen LogP contribution in [0.2, 0.25) is 0 Å². The largest absolute Gasteiger partial charge is 0.497 e. The van der Waals surface area contributed by atoms with Gasteiger partial charge in [0.1, 0.15) is 5.75 Å². The van der Waals surface area contributed by atoms with E-state index in [2.05, 4.69) is 28.2 Å². The first-order valence-corrected chi connectivity index (χ1v) is 7.67. The number of aliphatic imine (C=N–C) groups is 2. The number of nitrogens with two attached hydrogens (primary N) is 3. The summed E-state index contributed by atoms with van der Waals surface area (Å²) >= 11 is 0. The van der Waals surface area contributed by atoms with Crippen molar-refractivity contribution in [2.75, 3.05) is 7.11 Å². The fourth-order valence-corrected chi connectivity index (χ4v) is 2.57. The normalized spacial score (nSPS) is 11.3. The maximum Gasteiger partial charge on any atom is 0.223 e. The van der Waals surface area contributed by atoms with Crippen LogP contribution in [-0.2, 0) is 0 Å². The predicted molar refractivity (Wildman–Crippen MR) is 103 cm³/mol. The fraction of sp³-hybridized carbons (Fsp3) is 0.0526. The van der Waals surface area contributed by atoms with Crippen LogP contribution in [0.3, 0.4) is 0 Å². The summed E-state index contributed by atoms with van der Waals surface area (Å²) in [7, 11) is 1.66. The van der Waals surface area contributed by atoms with Gasteiger partial charge in [-0.15, -0.1) is 0 Å². The monoisotopic (exact) mass is 333 g/mol.